The van der Waals surface area contributed by atoms with Crippen LogP contribution in [0.4, 0.5) is 11.4 Å². The van der Waals surface area contributed by atoms with Gasteiger partial charge in [0.25, 0.3) is 11.5 Å². The first kappa shape index (κ1) is 19.4. The monoisotopic (exact) mass is 400 g/mol. The van der Waals surface area contributed by atoms with Gasteiger partial charge >= 0.3 is 5.69 Å². The molecule has 2 aromatic carbocycles. The maximum absolute atomic E-state index is 12.5. The van der Waals surface area contributed by atoms with Gasteiger partial charge in [-0.25, -0.2) is 4.79 Å². The van der Waals surface area contributed by atoms with Gasteiger partial charge in [0.1, 0.15) is 0 Å². The number of nitrogens with one attached hydrogen (secondary N) is 3. The van der Waals surface area contributed by atoms with Crippen molar-refractivity contribution >= 4 is 45.7 Å². The number of rotatable bonds is 4. The molecule has 3 N–H and O–H groups in total. The van der Waals surface area contributed by atoms with E-state index in [1.807, 2.05) is 0 Å². The zero-order valence-corrected chi connectivity index (χ0v) is 15.9. The third kappa shape index (κ3) is 3.81. The Morgan fingerprint density at radius 3 is 2.50 bits per heavy atom. The molecule has 0 aliphatic rings. The summed E-state index contributed by atoms with van der Waals surface area (Å²) < 4.78 is 1.08. The number of anilines is 2. The van der Waals surface area contributed by atoms with Crippen molar-refractivity contribution in [3.05, 3.63) is 67.8 Å². The van der Waals surface area contributed by atoms with Gasteiger partial charge in [-0.1, -0.05) is 11.6 Å². The summed E-state index contributed by atoms with van der Waals surface area (Å²) in [4.78, 5) is 50.5. The van der Waals surface area contributed by atoms with Crippen molar-refractivity contribution in [3.63, 3.8) is 0 Å². The molecule has 1 heterocycles. The second kappa shape index (κ2) is 7.69. The highest BCUT2D eigenvalue weighted by Gasteiger charge is 2.12. The number of hydrogen-bond donors (Lipinski definition) is 3. The fraction of sp³-hybridized carbons (Fsp3) is 0.158. The zero-order valence-electron chi connectivity index (χ0n) is 15.1. The van der Waals surface area contributed by atoms with Crippen molar-refractivity contribution in [3.8, 4) is 0 Å². The predicted octanol–water partition coefficient (Wildman–Crippen LogP) is 2.57. The summed E-state index contributed by atoms with van der Waals surface area (Å²) in [5, 5.41) is 5.86. The molecule has 0 bridgehead atoms. The highest BCUT2D eigenvalue weighted by molar-refractivity contribution is 6.34. The number of carbonyl (C=O) groups excluding carboxylic acids is 2. The molecule has 3 aromatic rings. The molecule has 0 fully saturated rings. The maximum atomic E-state index is 12.5. The standard InChI is InChI=1S/C19H17ClN4O4/c1-3-24-18(27)13-6-4-11(8-16(13)23-19(24)28)17(26)22-12-5-7-15(14(20)9-12)21-10(2)25/h4-9H,3H2,1-2H3,(H,21,25)(H,22,26)(H,23,28). The van der Waals surface area contributed by atoms with Crippen molar-refractivity contribution < 1.29 is 9.59 Å². The van der Waals surface area contributed by atoms with Crippen LogP contribution in [0.1, 0.15) is 24.2 Å². The number of H-pyrrole nitrogens is 1. The van der Waals surface area contributed by atoms with Crippen molar-refractivity contribution in [1.82, 2.24) is 9.55 Å². The van der Waals surface area contributed by atoms with Crippen LogP contribution in [0.2, 0.25) is 5.02 Å². The number of carbonyl (C=O) groups is 2. The van der Waals surface area contributed by atoms with Gasteiger partial charge in [-0.2, -0.15) is 0 Å². The minimum Gasteiger partial charge on any atom is -0.325 e. The van der Waals surface area contributed by atoms with Crippen molar-refractivity contribution in [1.29, 1.82) is 0 Å². The van der Waals surface area contributed by atoms with Crippen LogP contribution in [0.3, 0.4) is 0 Å². The molecular formula is C19H17ClN4O4. The van der Waals surface area contributed by atoms with Crippen molar-refractivity contribution in [2.24, 2.45) is 0 Å². The van der Waals surface area contributed by atoms with Gasteiger partial charge in [0.2, 0.25) is 5.91 Å². The molecule has 8 nitrogen and oxygen atoms in total. The van der Waals surface area contributed by atoms with Crippen LogP contribution in [0.25, 0.3) is 10.9 Å². The lowest BCUT2D eigenvalue weighted by molar-refractivity contribution is -0.114. The van der Waals surface area contributed by atoms with Gasteiger partial charge < -0.3 is 15.6 Å². The van der Waals surface area contributed by atoms with E-state index in [9.17, 15) is 19.2 Å². The van der Waals surface area contributed by atoms with Crippen LogP contribution >= 0.6 is 11.6 Å². The molecule has 0 saturated carbocycles. The van der Waals surface area contributed by atoms with Crippen LogP contribution < -0.4 is 21.9 Å². The van der Waals surface area contributed by atoms with E-state index >= 15 is 0 Å². The van der Waals surface area contributed by atoms with Crippen molar-refractivity contribution in [2.75, 3.05) is 10.6 Å². The van der Waals surface area contributed by atoms with E-state index in [-0.39, 0.29) is 28.6 Å². The van der Waals surface area contributed by atoms with Crippen LogP contribution in [-0.4, -0.2) is 21.4 Å². The van der Waals surface area contributed by atoms with Crippen LogP contribution in [0, 0.1) is 0 Å². The molecule has 1 aromatic heterocycles. The van der Waals surface area contributed by atoms with Gasteiger partial charge in [-0.05, 0) is 43.3 Å². The highest BCUT2D eigenvalue weighted by Crippen LogP contribution is 2.26. The fourth-order valence-corrected chi connectivity index (χ4v) is 3.00. The third-order valence-electron chi connectivity index (χ3n) is 4.10. The molecule has 144 valence electrons. The van der Waals surface area contributed by atoms with Gasteiger partial charge in [0.05, 0.1) is 21.6 Å². The molecule has 0 radical (unpaired) electrons. The smallest absolute Gasteiger partial charge is 0.325 e. The number of fused-ring (bicyclic) bond motifs is 1. The second-order valence-electron chi connectivity index (χ2n) is 6.07. The normalized spacial score (nSPS) is 10.7. The number of halogens is 1. The Bertz CT molecular complexity index is 1210. The number of benzene rings is 2. The van der Waals surface area contributed by atoms with Gasteiger partial charge in [-0.3, -0.25) is 19.0 Å². The average molecular weight is 401 g/mol. The minimum absolute atomic E-state index is 0.252. The van der Waals surface area contributed by atoms with E-state index in [1.165, 1.54) is 31.2 Å². The van der Waals surface area contributed by atoms with Crippen molar-refractivity contribution in [2.45, 2.75) is 20.4 Å². The summed E-state index contributed by atoms with van der Waals surface area (Å²) in [7, 11) is 0. The molecule has 0 aliphatic heterocycles. The summed E-state index contributed by atoms with van der Waals surface area (Å²) >= 11 is 6.10. The zero-order chi connectivity index (χ0) is 20.4. The van der Waals surface area contributed by atoms with Crippen LogP contribution in [-0.2, 0) is 11.3 Å². The van der Waals surface area contributed by atoms with E-state index in [2.05, 4.69) is 15.6 Å². The number of aromatic nitrogens is 2. The lowest BCUT2D eigenvalue weighted by Gasteiger charge is -2.10. The fourth-order valence-electron chi connectivity index (χ4n) is 2.77. The molecule has 0 aliphatic carbocycles. The quantitative estimate of drug-likeness (QED) is 0.624. The van der Waals surface area contributed by atoms with Crippen LogP contribution in [0.5, 0.6) is 0 Å². The first-order chi connectivity index (χ1) is 13.3. The molecule has 9 heteroatoms. The number of aromatic amines is 1. The number of nitrogens with zero attached hydrogens (tertiary/aromatic N) is 1. The third-order valence-corrected chi connectivity index (χ3v) is 4.41. The molecule has 0 saturated heterocycles. The maximum Gasteiger partial charge on any atom is 0.328 e. The van der Waals surface area contributed by atoms with E-state index in [4.69, 9.17) is 11.6 Å². The average Bonchev–Trinajstić information content (AvgIpc) is 2.63. The molecular weight excluding hydrogens is 384 g/mol. The van der Waals surface area contributed by atoms with Gasteiger partial charge in [0.15, 0.2) is 0 Å². The van der Waals surface area contributed by atoms with E-state index in [1.54, 1.807) is 19.1 Å². The Kier molecular flexibility index (Phi) is 5.32. The minimum atomic E-state index is -0.530. The van der Waals surface area contributed by atoms with E-state index in [0.29, 0.717) is 16.8 Å². The SMILES string of the molecule is CCn1c(=O)[nH]c2cc(C(=O)Nc3ccc(NC(C)=O)c(Cl)c3)ccc2c1=O. The Morgan fingerprint density at radius 1 is 1.11 bits per heavy atom. The largest absolute Gasteiger partial charge is 0.328 e. The molecule has 2 amide bonds. The van der Waals surface area contributed by atoms with Crippen LogP contribution in [0.15, 0.2) is 46.0 Å². The Balaban J connectivity index is 1.90. The summed E-state index contributed by atoms with van der Waals surface area (Å²) in [5.41, 5.74) is 0.471. The van der Waals surface area contributed by atoms with E-state index < -0.39 is 17.2 Å². The predicted molar refractivity (Wildman–Crippen MR) is 108 cm³/mol. The second-order valence-corrected chi connectivity index (χ2v) is 6.48. The Hall–Kier alpha value is -3.39. The molecule has 3 rings (SSSR count). The first-order valence-corrected chi connectivity index (χ1v) is 8.83. The molecule has 0 spiro atoms. The molecule has 0 unspecified atom stereocenters. The summed E-state index contributed by atoms with van der Waals surface area (Å²) in [6, 6.07) is 9.13. The summed E-state index contributed by atoms with van der Waals surface area (Å²) in [6.45, 7) is 3.32. The van der Waals surface area contributed by atoms with E-state index in [0.717, 1.165) is 4.57 Å². The Morgan fingerprint density at radius 2 is 1.86 bits per heavy atom. The topological polar surface area (TPSA) is 113 Å². The number of hydrogen-bond acceptors (Lipinski definition) is 4. The first-order valence-electron chi connectivity index (χ1n) is 8.45. The lowest BCUT2D eigenvalue weighted by Crippen LogP contribution is -2.34. The summed E-state index contributed by atoms with van der Waals surface area (Å²) in [6.07, 6.45) is 0. The summed E-state index contributed by atoms with van der Waals surface area (Å²) in [5.74, 6) is -0.697. The molecule has 0 atom stereocenters. The molecule has 28 heavy (non-hydrogen) atoms. The van der Waals surface area contributed by atoms with Gasteiger partial charge in [-0.15, -0.1) is 0 Å². The lowest BCUT2D eigenvalue weighted by atomic mass is 10.1. The number of amides is 2. The highest BCUT2D eigenvalue weighted by atomic mass is 35.5. The van der Waals surface area contributed by atoms with Gasteiger partial charge in [0, 0.05) is 24.7 Å². The Labute approximate surface area is 164 Å².